The first kappa shape index (κ1) is 18.6. The van der Waals surface area contributed by atoms with Crippen LogP contribution in [0.3, 0.4) is 0 Å². The van der Waals surface area contributed by atoms with E-state index in [1.54, 1.807) is 19.2 Å². The molecule has 1 fully saturated rings. The number of methoxy groups -OCH3 is 1. The highest BCUT2D eigenvalue weighted by molar-refractivity contribution is 9.10. The molecule has 0 saturated carbocycles. The Bertz CT molecular complexity index is 640. The first-order valence-electron chi connectivity index (χ1n) is 8.93. The Morgan fingerprint density at radius 1 is 1.36 bits per heavy atom. The summed E-state index contributed by atoms with van der Waals surface area (Å²) in [6.45, 7) is 3.19. The van der Waals surface area contributed by atoms with Gasteiger partial charge in [-0.2, -0.15) is 0 Å². The van der Waals surface area contributed by atoms with Crippen LogP contribution in [0.2, 0.25) is 0 Å². The molecular weight excluding hydrogens is 384 g/mol. The molecule has 2 aliphatic rings. The van der Waals surface area contributed by atoms with Crippen LogP contribution in [0.4, 0.5) is 0 Å². The van der Waals surface area contributed by atoms with Crippen molar-refractivity contribution < 1.29 is 19.0 Å². The molecule has 0 bridgehead atoms. The zero-order chi connectivity index (χ0) is 17.9. The molecule has 1 aliphatic heterocycles. The van der Waals surface area contributed by atoms with Gasteiger partial charge in [-0.3, -0.25) is 0 Å². The van der Waals surface area contributed by atoms with Crippen LogP contribution >= 0.6 is 15.9 Å². The van der Waals surface area contributed by atoms with Crippen molar-refractivity contribution in [1.29, 1.82) is 0 Å². The van der Waals surface area contributed by atoms with Crippen LogP contribution < -0.4 is 0 Å². The van der Waals surface area contributed by atoms with E-state index in [-0.39, 0.29) is 17.8 Å². The van der Waals surface area contributed by atoms with E-state index >= 15 is 0 Å². The molecule has 0 amide bonds. The Kier molecular flexibility index (Phi) is 5.97. The van der Waals surface area contributed by atoms with Crippen molar-refractivity contribution in [3.8, 4) is 0 Å². The summed E-state index contributed by atoms with van der Waals surface area (Å²) in [6.07, 6.45) is 6.31. The molecule has 3 rings (SSSR count). The predicted molar refractivity (Wildman–Crippen MR) is 99.3 cm³/mol. The second-order valence-corrected chi connectivity index (χ2v) is 7.60. The molecule has 0 spiro atoms. The van der Waals surface area contributed by atoms with Crippen LogP contribution in [0.1, 0.15) is 43.0 Å². The number of hydrogen-bond donors (Lipinski definition) is 0. The maximum absolute atomic E-state index is 12.3. The van der Waals surface area contributed by atoms with Crippen LogP contribution in [0, 0.1) is 11.8 Å². The first-order chi connectivity index (χ1) is 12.1. The summed E-state index contributed by atoms with van der Waals surface area (Å²) in [7, 11) is 1.73. The van der Waals surface area contributed by atoms with Gasteiger partial charge >= 0.3 is 5.97 Å². The van der Waals surface area contributed by atoms with E-state index in [9.17, 15) is 4.79 Å². The third kappa shape index (κ3) is 3.69. The number of benzene rings is 1. The Morgan fingerprint density at radius 3 is 2.80 bits per heavy atom. The standard InChI is InChI=1S/C20H25BrO4/c1-3-5-16-12-15(18-6-4-11-25-20(16,18)23-2)13-24-19(22)14-7-9-17(21)10-8-14/h7-10,12,16,18H,3-6,11,13H2,1-2H3/t16-,18-,20+/m1/s1. The minimum absolute atomic E-state index is 0.167. The summed E-state index contributed by atoms with van der Waals surface area (Å²) in [5.41, 5.74) is 1.69. The molecular formula is C20H25BrO4. The Balaban J connectivity index is 1.71. The van der Waals surface area contributed by atoms with Crippen LogP contribution in [-0.4, -0.2) is 32.1 Å². The predicted octanol–water partition coefficient (Wildman–Crippen LogP) is 4.73. The Labute approximate surface area is 157 Å². The average molecular weight is 409 g/mol. The lowest BCUT2D eigenvalue weighted by Gasteiger charge is -2.43. The molecule has 25 heavy (non-hydrogen) atoms. The van der Waals surface area contributed by atoms with Crippen molar-refractivity contribution in [3.63, 3.8) is 0 Å². The van der Waals surface area contributed by atoms with Crippen LogP contribution in [0.15, 0.2) is 40.4 Å². The minimum Gasteiger partial charge on any atom is -0.458 e. The van der Waals surface area contributed by atoms with E-state index in [0.717, 1.165) is 42.3 Å². The summed E-state index contributed by atoms with van der Waals surface area (Å²) in [5.74, 6) is -0.491. The van der Waals surface area contributed by atoms with Gasteiger partial charge in [0, 0.05) is 23.4 Å². The SMILES string of the molecule is CCC[C@@H]1C=C(COC(=O)c2ccc(Br)cc2)[C@H]2CCCO[C@]21OC. The van der Waals surface area contributed by atoms with Gasteiger partial charge in [0.05, 0.1) is 12.2 Å². The fraction of sp³-hybridized carbons (Fsp3) is 0.550. The zero-order valence-electron chi connectivity index (χ0n) is 14.8. The second kappa shape index (κ2) is 8.02. The third-order valence-corrected chi connectivity index (χ3v) is 5.73. The van der Waals surface area contributed by atoms with Crippen molar-refractivity contribution in [3.05, 3.63) is 46.0 Å². The van der Waals surface area contributed by atoms with Gasteiger partial charge in [0.15, 0.2) is 5.79 Å². The lowest BCUT2D eigenvalue weighted by Crippen LogP contribution is -2.49. The molecule has 1 aromatic rings. The van der Waals surface area contributed by atoms with Crippen molar-refractivity contribution in [2.24, 2.45) is 11.8 Å². The largest absolute Gasteiger partial charge is 0.458 e. The average Bonchev–Trinajstić information content (AvgIpc) is 2.95. The number of hydrogen-bond acceptors (Lipinski definition) is 4. The summed E-state index contributed by atoms with van der Waals surface area (Å²) in [5, 5.41) is 0. The smallest absolute Gasteiger partial charge is 0.338 e. The van der Waals surface area contributed by atoms with Gasteiger partial charge in [-0.05, 0) is 49.1 Å². The van der Waals surface area contributed by atoms with Gasteiger partial charge in [-0.1, -0.05) is 35.4 Å². The molecule has 4 nitrogen and oxygen atoms in total. The molecule has 3 atom stereocenters. The molecule has 5 heteroatoms. The van der Waals surface area contributed by atoms with Gasteiger partial charge in [-0.15, -0.1) is 0 Å². The minimum atomic E-state index is -0.576. The molecule has 1 saturated heterocycles. The molecule has 0 N–H and O–H groups in total. The molecule has 0 unspecified atom stereocenters. The Hall–Kier alpha value is -1.17. The van der Waals surface area contributed by atoms with E-state index in [1.807, 2.05) is 12.1 Å². The van der Waals surface area contributed by atoms with Crippen LogP contribution in [-0.2, 0) is 14.2 Å². The number of carbonyl (C=O) groups excluding carboxylic acids is 1. The Morgan fingerprint density at radius 2 is 2.12 bits per heavy atom. The maximum Gasteiger partial charge on any atom is 0.338 e. The van der Waals surface area contributed by atoms with E-state index in [4.69, 9.17) is 14.2 Å². The quantitative estimate of drug-likeness (QED) is 0.503. The number of ether oxygens (including phenoxy) is 3. The molecule has 0 radical (unpaired) electrons. The van der Waals surface area contributed by atoms with Crippen molar-refractivity contribution in [2.45, 2.75) is 38.4 Å². The second-order valence-electron chi connectivity index (χ2n) is 6.69. The highest BCUT2D eigenvalue weighted by Crippen LogP contribution is 2.49. The summed E-state index contributed by atoms with van der Waals surface area (Å²) in [4.78, 5) is 12.3. The van der Waals surface area contributed by atoms with Crippen molar-refractivity contribution in [2.75, 3.05) is 20.3 Å². The number of carbonyl (C=O) groups is 1. The van der Waals surface area contributed by atoms with Crippen LogP contribution in [0.25, 0.3) is 0 Å². The fourth-order valence-electron chi connectivity index (χ4n) is 4.04. The molecule has 1 aromatic carbocycles. The van der Waals surface area contributed by atoms with Gasteiger partial charge < -0.3 is 14.2 Å². The van der Waals surface area contributed by atoms with E-state index < -0.39 is 5.79 Å². The van der Waals surface area contributed by atoms with Gasteiger partial charge in [-0.25, -0.2) is 4.79 Å². The highest BCUT2D eigenvalue weighted by atomic mass is 79.9. The van der Waals surface area contributed by atoms with Crippen molar-refractivity contribution >= 4 is 21.9 Å². The van der Waals surface area contributed by atoms with Gasteiger partial charge in [0.25, 0.3) is 0 Å². The van der Waals surface area contributed by atoms with E-state index in [2.05, 4.69) is 28.9 Å². The van der Waals surface area contributed by atoms with E-state index in [0.29, 0.717) is 12.2 Å². The molecule has 1 aliphatic carbocycles. The number of fused-ring (bicyclic) bond motifs is 1. The highest BCUT2D eigenvalue weighted by Gasteiger charge is 2.53. The summed E-state index contributed by atoms with van der Waals surface area (Å²) < 4.78 is 18.5. The fourth-order valence-corrected chi connectivity index (χ4v) is 4.30. The summed E-state index contributed by atoms with van der Waals surface area (Å²) >= 11 is 3.37. The molecule has 0 aromatic heterocycles. The first-order valence-corrected chi connectivity index (χ1v) is 9.72. The zero-order valence-corrected chi connectivity index (χ0v) is 16.4. The maximum atomic E-state index is 12.3. The number of esters is 1. The van der Waals surface area contributed by atoms with Gasteiger partial charge in [0.2, 0.25) is 0 Å². The number of halogens is 1. The van der Waals surface area contributed by atoms with E-state index in [1.165, 1.54) is 0 Å². The van der Waals surface area contributed by atoms with Crippen molar-refractivity contribution in [1.82, 2.24) is 0 Å². The van der Waals surface area contributed by atoms with Gasteiger partial charge in [0.1, 0.15) is 6.61 Å². The third-order valence-electron chi connectivity index (χ3n) is 5.20. The monoisotopic (exact) mass is 408 g/mol. The lowest BCUT2D eigenvalue weighted by atomic mass is 9.84. The van der Waals surface area contributed by atoms with Crippen LogP contribution in [0.5, 0.6) is 0 Å². The summed E-state index contributed by atoms with van der Waals surface area (Å²) in [6, 6.07) is 7.21. The normalized spacial score (nSPS) is 28.4. The number of rotatable bonds is 6. The molecule has 136 valence electrons. The topological polar surface area (TPSA) is 44.8 Å². The molecule has 1 heterocycles. The lowest BCUT2D eigenvalue weighted by molar-refractivity contribution is -0.280.